The van der Waals surface area contributed by atoms with Crippen molar-refractivity contribution in [3.05, 3.63) is 88.6 Å². The molecule has 3 N–H and O–H groups in total. The third kappa shape index (κ3) is 7.79. The molecule has 3 aromatic carbocycles. The summed E-state index contributed by atoms with van der Waals surface area (Å²) >= 11 is 11.4. The van der Waals surface area contributed by atoms with Crippen molar-refractivity contribution in [2.75, 3.05) is 62.2 Å². The van der Waals surface area contributed by atoms with Gasteiger partial charge in [-0.1, -0.05) is 41.9 Å². The molecule has 15 heteroatoms. The van der Waals surface area contributed by atoms with Crippen LogP contribution in [0.5, 0.6) is 5.75 Å². The van der Waals surface area contributed by atoms with Crippen LogP contribution in [0.2, 0.25) is 5.02 Å². The van der Waals surface area contributed by atoms with Gasteiger partial charge in [0.2, 0.25) is 17.8 Å². The molecule has 2 fully saturated rings. The van der Waals surface area contributed by atoms with Crippen molar-refractivity contribution in [2.24, 2.45) is 0 Å². The molecule has 7 rings (SSSR count). The number of para-hydroxylation sites is 1. The Hall–Kier alpha value is -4.13. The second-order valence-electron chi connectivity index (χ2n) is 13.7. The Morgan fingerprint density at radius 2 is 1.81 bits per heavy atom. The third-order valence-corrected chi connectivity index (χ3v) is 12.2. The number of anilines is 5. The number of thiol groups is 1. The Morgan fingerprint density at radius 1 is 1.02 bits per heavy atom. The van der Waals surface area contributed by atoms with Crippen molar-refractivity contribution in [2.45, 2.75) is 37.3 Å². The van der Waals surface area contributed by atoms with Gasteiger partial charge in [0.25, 0.3) is 0 Å². The number of imide groups is 1. The minimum Gasteiger partial charge on any atom is -0.494 e. The summed E-state index contributed by atoms with van der Waals surface area (Å²) in [7, 11) is -0.907. The number of hydrogen-bond donors (Lipinski definition) is 4. The second-order valence-corrected chi connectivity index (χ2v) is 17.8. The van der Waals surface area contributed by atoms with Gasteiger partial charge in [-0.3, -0.25) is 24.7 Å². The molecule has 0 saturated carbocycles. The minimum atomic E-state index is -2.54. The second kappa shape index (κ2) is 15.1. The van der Waals surface area contributed by atoms with E-state index in [2.05, 4.69) is 64.9 Å². The summed E-state index contributed by atoms with van der Waals surface area (Å²) < 4.78 is 18.7. The molecule has 3 aliphatic heterocycles. The monoisotopic (exact) mass is 760 g/mol. The molecule has 52 heavy (non-hydrogen) atoms. The maximum atomic E-state index is 12.9. The minimum absolute atomic E-state index is 0.186. The molecule has 2 atom stereocenters. The van der Waals surface area contributed by atoms with Crippen LogP contribution in [0.3, 0.4) is 0 Å². The summed E-state index contributed by atoms with van der Waals surface area (Å²) in [6, 6.07) is 19.7. The number of nitrogens with one attached hydrogen (secondary N) is 3. The van der Waals surface area contributed by atoms with Gasteiger partial charge in [0.15, 0.2) is 5.82 Å². The van der Waals surface area contributed by atoms with E-state index in [1.165, 1.54) is 17.3 Å². The van der Waals surface area contributed by atoms with Gasteiger partial charge in [-0.2, -0.15) is 17.6 Å². The lowest BCUT2D eigenvalue weighted by molar-refractivity contribution is -0.137. The summed E-state index contributed by atoms with van der Waals surface area (Å²) in [5, 5.41) is 9.84. The lowest BCUT2D eigenvalue weighted by Gasteiger charge is -2.36. The van der Waals surface area contributed by atoms with Crippen LogP contribution < -0.4 is 30.9 Å². The van der Waals surface area contributed by atoms with Gasteiger partial charge in [-0.05, 0) is 60.7 Å². The number of piperidine rings is 1. The zero-order chi connectivity index (χ0) is 36.6. The number of fused-ring (bicyclic) bond motifs is 1. The first-order valence-corrected chi connectivity index (χ1v) is 20.7. The van der Waals surface area contributed by atoms with Gasteiger partial charge in [0, 0.05) is 62.7 Å². The molecule has 2 amide bonds. The molecule has 3 aliphatic rings. The number of methoxy groups -OCH3 is 1. The Morgan fingerprint density at radius 3 is 2.56 bits per heavy atom. The molecule has 1 aromatic heterocycles. The molecule has 0 radical (unpaired) electrons. The van der Waals surface area contributed by atoms with Crippen LogP contribution in [0.4, 0.5) is 28.8 Å². The van der Waals surface area contributed by atoms with Crippen LogP contribution in [-0.2, 0) is 27.2 Å². The quantitative estimate of drug-likeness (QED) is 0.0896. The molecule has 0 aliphatic carbocycles. The van der Waals surface area contributed by atoms with Gasteiger partial charge in [-0.25, -0.2) is 4.98 Å². The number of carbonyl (C=O) groups excluding carboxylic acids is 2. The zero-order valence-corrected chi connectivity index (χ0v) is 31.8. The van der Waals surface area contributed by atoms with E-state index in [0.717, 1.165) is 44.0 Å². The highest BCUT2D eigenvalue weighted by Crippen LogP contribution is 2.41. The number of piperazine rings is 1. The largest absolute Gasteiger partial charge is 0.494 e. The lowest BCUT2D eigenvalue weighted by Crippen LogP contribution is -2.51. The van der Waals surface area contributed by atoms with E-state index in [-0.39, 0.29) is 23.2 Å². The fourth-order valence-corrected chi connectivity index (χ4v) is 8.86. The van der Waals surface area contributed by atoms with Crippen molar-refractivity contribution in [1.29, 1.82) is 0 Å². The normalized spacial score (nSPS) is 19.7. The van der Waals surface area contributed by atoms with E-state index < -0.39 is 7.14 Å². The number of amides is 2. The molecule has 272 valence electrons. The van der Waals surface area contributed by atoms with Crippen molar-refractivity contribution < 1.29 is 18.9 Å². The average Bonchev–Trinajstić information content (AvgIpc) is 3.45. The lowest BCUT2D eigenvalue weighted by atomic mass is 10.0. The number of ether oxygens (including phenoxy) is 1. The fourth-order valence-electron chi connectivity index (χ4n) is 7.08. The summed E-state index contributed by atoms with van der Waals surface area (Å²) in [4.78, 5) is 40.1. The highest BCUT2D eigenvalue weighted by atomic mass is 35.5. The van der Waals surface area contributed by atoms with Gasteiger partial charge < -0.3 is 24.8 Å². The summed E-state index contributed by atoms with van der Waals surface area (Å²) in [6.45, 7) is 8.45. The third-order valence-electron chi connectivity index (χ3n) is 9.82. The number of halogens is 1. The van der Waals surface area contributed by atoms with Crippen molar-refractivity contribution in [3.63, 3.8) is 0 Å². The maximum absolute atomic E-state index is 12.9. The fraction of sp³-hybridized carbons (Fsp3) is 0.351. The first-order valence-electron chi connectivity index (χ1n) is 17.2. The number of hydrogen-bond acceptors (Lipinski definition) is 12. The smallest absolute Gasteiger partial charge is 0.243 e. The first-order chi connectivity index (χ1) is 25.0. The van der Waals surface area contributed by atoms with Crippen LogP contribution in [0.1, 0.15) is 34.9 Å². The molecule has 4 heterocycles. The Bertz CT molecular complexity index is 2060. The van der Waals surface area contributed by atoms with Crippen LogP contribution in [0, 0.1) is 0 Å². The van der Waals surface area contributed by atoms with Crippen LogP contribution in [0.15, 0.2) is 66.9 Å². The average molecular weight is 761 g/mol. The number of carbonyl (C=O) groups is 2. The van der Waals surface area contributed by atoms with Gasteiger partial charge >= 0.3 is 0 Å². The number of nitrogens with zero attached hydrogens (tertiary/aromatic N) is 5. The molecule has 2 saturated heterocycles. The molecule has 0 bridgehead atoms. The van der Waals surface area contributed by atoms with Crippen LogP contribution in [-0.4, -0.2) is 84.2 Å². The van der Waals surface area contributed by atoms with E-state index in [1.807, 2.05) is 36.4 Å². The number of benzene rings is 3. The maximum Gasteiger partial charge on any atom is 0.243 e. The Balaban J connectivity index is 0.968. The summed E-state index contributed by atoms with van der Waals surface area (Å²) in [5.74, 6) is 0.950. The van der Waals surface area contributed by atoms with E-state index in [9.17, 15) is 14.2 Å². The zero-order valence-electron chi connectivity index (χ0n) is 29.3. The van der Waals surface area contributed by atoms with Crippen molar-refractivity contribution >= 4 is 77.3 Å². The molecular weight excluding hydrogens is 719 g/mol. The van der Waals surface area contributed by atoms with Gasteiger partial charge in [-0.15, -0.1) is 0 Å². The topological polar surface area (TPSA) is 132 Å². The summed E-state index contributed by atoms with van der Waals surface area (Å²) in [5.41, 5.74) is 5.98. The SMILES string of the molecule is COc1cc(N2CCN(Cc3ccc4c(c3)C(S)N(C3CCC(=O)NC3=O)C4)CC2)ccc1Nc1ncc(Cl)c(Nc2ccccc2P(C)(C)=O)n1. The van der Waals surface area contributed by atoms with Gasteiger partial charge in [0.1, 0.15) is 17.9 Å². The van der Waals surface area contributed by atoms with E-state index in [0.29, 0.717) is 58.6 Å². The van der Waals surface area contributed by atoms with E-state index >= 15 is 0 Å². The Labute approximate surface area is 314 Å². The van der Waals surface area contributed by atoms with Crippen LogP contribution >= 0.6 is 31.4 Å². The molecule has 4 aromatic rings. The predicted octanol–water partition coefficient (Wildman–Crippen LogP) is 5.75. The predicted molar refractivity (Wildman–Crippen MR) is 210 cm³/mol. The number of rotatable bonds is 10. The number of aromatic nitrogens is 2. The van der Waals surface area contributed by atoms with E-state index in [4.69, 9.17) is 29.0 Å². The van der Waals surface area contributed by atoms with Crippen molar-refractivity contribution in [3.8, 4) is 5.75 Å². The molecule has 0 spiro atoms. The highest BCUT2D eigenvalue weighted by Gasteiger charge is 2.39. The molecule has 12 nitrogen and oxygen atoms in total. The molecule has 2 unspecified atom stereocenters. The summed E-state index contributed by atoms with van der Waals surface area (Å²) in [6.07, 6.45) is 2.40. The Kier molecular flexibility index (Phi) is 10.5. The van der Waals surface area contributed by atoms with Crippen LogP contribution in [0.25, 0.3) is 0 Å². The first kappa shape index (κ1) is 36.2. The standard InChI is InChI=1S/C37H42ClN8O4PS/c1-50-31-19-25(10-11-28(31)41-37-39-20-27(38)34(43-37)40-29-6-4-5-7-32(29)51(2,3)49)45-16-14-44(15-17-45)21-23-8-9-24-22-46(36(52)26(24)18-23)30-12-13-33(47)42-35(30)48/h4-11,18-20,30,36,52H,12-17,21-22H2,1-3H3,(H,42,47,48)(H2,39,40,41,43). The van der Waals surface area contributed by atoms with Gasteiger partial charge in [0.05, 0.1) is 36.1 Å². The van der Waals surface area contributed by atoms with Crippen molar-refractivity contribution in [1.82, 2.24) is 25.1 Å². The van der Waals surface area contributed by atoms with E-state index in [1.54, 1.807) is 20.4 Å². The molecular formula is C37H42ClN8O4PS. The highest BCUT2D eigenvalue weighted by molar-refractivity contribution is 7.80.